The van der Waals surface area contributed by atoms with E-state index in [2.05, 4.69) is 10.3 Å². The van der Waals surface area contributed by atoms with E-state index in [1.54, 1.807) is 0 Å². The van der Waals surface area contributed by atoms with Crippen LogP contribution in [-0.4, -0.2) is 77.6 Å². The first-order valence-corrected chi connectivity index (χ1v) is 15.2. The Kier molecular flexibility index (Phi) is 8.69. The van der Waals surface area contributed by atoms with E-state index in [-0.39, 0.29) is 11.3 Å². The van der Waals surface area contributed by atoms with Gasteiger partial charge in [-0.2, -0.15) is 13.2 Å². The molecule has 2 aromatic carbocycles. The van der Waals surface area contributed by atoms with Crippen molar-refractivity contribution >= 4 is 16.9 Å². The predicted molar refractivity (Wildman–Crippen MR) is 144 cm³/mol. The van der Waals surface area contributed by atoms with Crippen LogP contribution in [0.25, 0.3) is 11.3 Å². The molecule has 1 aromatic heterocycles. The normalized spacial score (nSPS) is 27.4. The topological polar surface area (TPSA) is 118 Å². The molecule has 8 nitrogen and oxygen atoms in total. The number of alkyl halides is 5. The number of halogens is 8. The summed E-state index contributed by atoms with van der Waals surface area (Å²) in [6.45, 7) is 0.420. The van der Waals surface area contributed by atoms with Gasteiger partial charge >= 0.3 is 12.1 Å². The first-order chi connectivity index (χ1) is 20.9. The van der Waals surface area contributed by atoms with Crippen molar-refractivity contribution < 1.29 is 60.0 Å². The summed E-state index contributed by atoms with van der Waals surface area (Å²) >= 11 is 0. The molecule has 45 heavy (non-hydrogen) atoms. The van der Waals surface area contributed by atoms with Gasteiger partial charge in [-0.25, -0.2) is 37.5 Å². The second kappa shape index (κ2) is 11.8. The van der Waals surface area contributed by atoms with E-state index in [1.165, 1.54) is 6.07 Å². The summed E-state index contributed by atoms with van der Waals surface area (Å²) in [5, 5.41) is 38.9. The lowest BCUT2D eigenvalue weighted by Gasteiger charge is -2.56. The summed E-state index contributed by atoms with van der Waals surface area (Å²) in [6, 6.07) is 3.97. The number of ether oxygens (including phenoxy) is 1. The van der Waals surface area contributed by atoms with Crippen LogP contribution >= 0.6 is 10.9 Å². The van der Waals surface area contributed by atoms with Gasteiger partial charge in [-0.05, 0) is 23.8 Å². The average Bonchev–Trinajstić information content (AvgIpc) is 3.39. The van der Waals surface area contributed by atoms with Gasteiger partial charge in [0, 0.05) is 41.6 Å². The summed E-state index contributed by atoms with van der Waals surface area (Å²) in [7, 11) is -2.26. The minimum absolute atomic E-state index is 0.195. The van der Waals surface area contributed by atoms with Crippen molar-refractivity contribution in [2.45, 2.75) is 66.2 Å². The standard InChI is InChI=1S/C28H27F8N3O5S/c1-13(40)44-9-21-24(42)23(39-8-19(37-38-39)14-6-17(29)22(31)18(30)7-14)20(41)10-45(21)25(26(43)11-27(32,33)12-26)15-4-2-3-5-16(15)28(34,35)36/h2-8,20-21,23-25,41-43,45H,9-12H2,1H3/t20-,21+,23-,24-,25?/m0/s1. The van der Waals surface area contributed by atoms with Gasteiger partial charge in [0.15, 0.2) is 17.5 Å². The zero-order valence-corrected chi connectivity index (χ0v) is 24.1. The lowest BCUT2D eigenvalue weighted by atomic mass is 9.72. The van der Waals surface area contributed by atoms with Crippen LogP contribution in [-0.2, 0) is 15.7 Å². The van der Waals surface area contributed by atoms with Gasteiger partial charge in [-0.15, -0.1) is 5.10 Å². The quantitative estimate of drug-likeness (QED) is 0.127. The van der Waals surface area contributed by atoms with Crippen molar-refractivity contribution in [1.82, 2.24) is 15.0 Å². The highest BCUT2D eigenvalue weighted by Crippen LogP contribution is 2.65. The smallest absolute Gasteiger partial charge is 0.416 e. The number of rotatable bonds is 7. The van der Waals surface area contributed by atoms with Crippen LogP contribution < -0.4 is 0 Å². The summed E-state index contributed by atoms with van der Waals surface area (Å²) in [5.41, 5.74) is -4.51. The first kappa shape index (κ1) is 33.1. The Morgan fingerprint density at radius 2 is 1.76 bits per heavy atom. The molecule has 6 atom stereocenters. The molecule has 1 aliphatic carbocycles. The van der Waals surface area contributed by atoms with Crippen molar-refractivity contribution in [2.24, 2.45) is 0 Å². The highest BCUT2D eigenvalue weighted by atomic mass is 32.2. The van der Waals surface area contributed by atoms with E-state index in [4.69, 9.17) is 4.74 Å². The molecule has 0 radical (unpaired) electrons. The van der Waals surface area contributed by atoms with E-state index < -0.39 is 117 Å². The third kappa shape index (κ3) is 6.39. The molecule has 3 N–H and O–H groups in total. The number of aliphatic hydroxyl groups is 3. The van der Waals surface area contributed by atoms with Crippen LogP contribution in [0.1, 0.15) is 42.2 Å². The number of carbonyl (C=O) groups excluding carboxylic acids is 1. The lowest BCUT2D eigenvalue weighted by Crippen LogP contribution is -2.59. The van der Waals surface area contributed by atoms with Crippen molar-refractivity contribution in [3.63, 3.8) is 0 Å². The molecular weight excluding hydrogens is 642 g/mol. The number of carbonyl (C=O) groups is 1. The zero-order valence-electron chi connectivity index (χ0n) is 23.2. The molecule has 2 aliphatic rings. The van der Waals surface area contributed by atoms with Crippen LogP contribution in [0.2, 0.25) is 0 Å². The van der Waals surface area contributed by atoms with Crippen molar-refractivity contribution in [2.75, 3.05) is 12.4 Å². The maximum absolute atomic E-state index is 14.2. The Bertz CT molecular complexity index is 1560. The summed E-state index contributed by atoms with van der Waals surface area (Å²) in [4.78, 5) is 11.8. The van der Waals surface area contributed by atoms with E-state index >= 15 is 0 Å². The third-order valence-electron chi connectivity index (χ3n) is 8.05. The first-order valence-electron chi connectivity index (χ1n) is 13.5. The minimum Gasteiger partial charge on any atom is -0.465 e. The van der Waals surface area contributed by atoms with Crippen molar-refractivity contribution in [1.29, 1.82) is 0 Å². The van der Waals surface area contributed by atoms with Gasteiger partial charge in [-0.1, -0.05) is 23.4 Å². The van der Waals surface area contributed by atoms with E-state index in [0.29, 0.717) is 12.1 Å². The number of aromatic nitrogens is 3. The van der Waals surface area contributed by atoms with E-state index in [1.807, 2.05) is 0 Å². The van der Waals surface area contributed by atoms with Crippen LogP contribution in [0.15, 0.2) is 42.6 Å². The molecular formula is C28H27F8N3O5S. The van der Waals surface area contributed by atoms with Crippen LogP contribution in [0.3, 0.4) is 0 Å². The minimum atomic E-state index is -4.95. The largest absolute Gasteiger partial charge is 0.465 e. The number of hydrogen-bond acceptors (Lipinski definition) is 7. The van der Waals surface area contributed by atoms with E-state index in [9.17, 15) is 55.2 Å². The molecule has 17 heteroatoms. The van der Waals surface area contributed by atoms with Gasteiger partial charge < -0.3 is 20.1 Å². The summed E-state index contributed by atoms with van der Waals surface area (Å²) < 4.78 is 118. The third-order valence-corrected chi connectivity index (χ3v) is 11.6. The molecule has 2 fully saturated rings. The Morgan fingerprint density at radius 1 is 1.13 bits per heavy atom. The molecule has 0 amide bonds. The fourth-order valence-corrected chi connectivity index (χ4v) is 9.93. The van der Waals surface area contributed by atoms with Crippen LogP contribution in [0.5, 0.6) is 0 Å². The maximum Gasteiger partial charge on any atom is 0.416 e. The second-order valence-electron chi connectivity index (χ2n) is 11.3. The van der Waals surface area contributed by atoms with Crippen LogP contribution in [0.4, 0.5) is 35.1 Å². The molecule has 2 unspecified atom stereocenters. The van der Waals surface area contributed by atoms with Gasteiger partial charge in [-0.3, -0.25) is 4.79 Å². The van der Waals surface area contributed by atoms with Crippen molar-refractivity contribution in [3.8, 4) is 11.3 Å². The van der Waals surface area contributed by atoms with Gasteiger partial charge in [0.2, 0.25) is 0 Å². The molecule has 0 spiro atoms. The number of esters is 1. The fourth-order valence-electron chi connectivity index (χ4n) is 6.20. The van der Waals surface area contributed by atoms with Gasteiger partial charge in [0.25, 0.3) is 5.92 Å². The predicted octanol–water partition coefficient (Wildman–Crippen LogP) is 4.49. The zero-order chi connectivity index (χ0) is 33.1. The summed E-state index contributed by atoms with van der Waals surface area (Å²) in [6.07, 6.45) is -9.62. The number of aliphatic hydroxyl groups excluding tert-OH is 2. The monoisotopic (exact) mass is 669 g/mol. The number of hydrogen-bond donors (Lipinski definition) is 4. The molecule has 5 rings (SSSR count). The SMILES string of the molecule is CC(=O)OC[C@@H]1[C@H](O)[C@@H](n2cc(-c3cc(F)c(F)c(F)c3)nn2)[C@@H](O)C[SH]1C(c1ccccc1C(F)(F)F)C1(O)CC(F)(F)C1. The lowest BCUT2D eigenvalue weighted by molar-refractivity contribution is -0.205. The molecule has 1 saturated heterocycles. The fraction of sp³-hybridized carbons (Fsp3) is 0.464. The molecule has 246 valence electrons. The number of benzene rings is 2. The molecule has 2 heterocycles. The van der Waals surface area contributed by atoms with Crippen LogP contribution in [0, 0.1) is 17.5 Å². The maximum atomic E-state index is 14.2. The molecule has 3 aromatic rings. The van der Waals surface area contributed by atoms with E-state index in [0.717, 1.165) is 36.0 Å². The molecule has 1 saturated carbocycles. The van der Waals surface area contributed by atoms with Crippen molar-refractivity contribution in [3.05, 3.63) is 71.2 Å². The number of nitrogens with zero attached hydrogens (tertiary/aromatic N) is 3. The molecule has 1 aliphatic heterocycles. The Labute approximate surface area is 253 Å². The Balaban J connectivity index is 1.57. The highest BCUT2D eigenvalue weighted by molar-refractivity contribution is 8.18. The second-order valence-corrected chi connectivity index (χ2v) is 13.8. The number of thiol groups is 1. The summed E-state index contributed by atoms with van der Waals surface area (Å²) in [5.74, 6) is -9.40. The highest BCUT2D eigenvalue weighted by Gasteiger charge is 2.63. The van der Waals surface area contributed by atoms with Gasteiger partial charge in [0.1, 0.15) is 18.3 Å². The Morgan fingerprint density at radius 3 is 2.33 bits per heavy atom. The Hall–Kier alpha value is -3.28. The van der Waals surface area contributed by atoms with Gasteiger partial charge in [0.05, 0.1) is 29.6 Å². The molecule has 0 bridgehead atoms. The average molecular weight is 670 g/mol.